The van der Waals surface area contributed by atoms with E-state index in [0.29, 0.717) is 20.8 Å². The summed E-state index contributed by atoms with van der Waals surface area (Å²) in [7, 11) is 0. The van der Waals surface area contributed by atoms with Gasteiger partial charge in [0.15, 0.2) is 0 Å². The Balaban J connectivity index is 1.73. The molecule has 158 valence electrons. The van der Waals surface area contributed by atoms with Crippen molar-refractivity contribution in [2.24, 2.45) is 11.0 Å². The number of carbonyl (C=O) groups excluding carboxylic acids is 1. The van der Waals surface area contributed by atoms with Crippen molar-refractivity contribution in [2.75, 3.05) is 18.1 Å². The van der Waals surface area contributed by atoms with Gasteiger partial charge in [-0.25, -0.2) is 0 Å². The number of hydrogen-bond donors (Lipinski definition) is 0. The minimum atomic E-state index is -0.160. The van der Waals surface area contributed by atoms with Gasteiger partial charge in [-0.05, 0) is 48.7 Å². The van der Waals surface area contributed by atoms with Gasteiger partial charge in [-0.15, -0.1) is 0 Å². The molecule has 0 radical (unpaired) electrons. The van der Waals surface area contributed by atoms with Gasteiger partial charge in [0, 0.05) is 29.1 Å². The van der Waals surface area contributed by atoms with Gasteiger partial charge in [-0.2, -0.15) is 5.10 Å². The molecule has 1 amide bonds. The number of hydrazone groups is 1. The first-order valence-corrected chi connectivity index (χ1v) is 11.5. The van der Waals surface area contributed by atoms with Crippen molar-refractivity contribution in [2.45, 2.75) is 38.6 Å². The molecule has 4 nitrogen and oxygen atoms in total. The first-order chi connectivity index (χ1) is 14.5. The number of nitrogens with zero attached hydrogens (tertiary/aromatic N) is 3. The molecule has 2 aliphatic heterocycles. The summed E-state index contributed by atoms with van der Waals surface area (Å²) in [5, 5.41) is 8.40. The lowest BCUT2D eigenvalue weighted by Gasteiger charge is -2.28. The number of benzene rings is 2. The second-order valence-electron chi connectivity index (χ2n) is 7.92. The summed E-state index contributed by atoms with van der Waals surface area (Å²) in [6, 6.07) is 12.9. The van der Waals surface area contributed by atoms with E-state index in [1.807, 2.05) is 40.2 Å². The number of rotatable bonds is 3. The lowest BCUT2D eigenvalue weighted by Crippen LogP contribution is -2.39. The van der Waals surface area contributed by atoms with Crippen LogP contribution in [0.3, 0.4) is 0 Å². The Morgan fingerprint density at radius 1 is 0.933 bits per heavy atom. The maximum Gasteiger partial charge on any atom is 0.270 e. The summed E-state index contributed by atoms with van der Waals surface area (Å²) in [5.41, 5.74) is 2.33. The number of likely N-dealkylation sites (tertiary alicyclic amines) is 1. The monoisotopic (exact) mass is 463 g/mol. The van der Waals surface area contributed by atoms with E-state index in [9.17, 15) is 4.79 Å². The van der Waals surface area contributed by atoms with Crippen molar-refractivity contribution in [3.63, 3.8) is 0 Å². The van der Waals surface area contributed by atoms with Gasteiger partial charge in [-0.3, -0.25) is 9.80 Å². The summed E-state index contributed by atoms with van der Waals surface area (Å²) in [5.74, 6) is -0.0791. The van der Waals surface area contributed by atoms with Gasteiger partial charge in [0.25, 0.3) is 5.91 Å². The molecule has 30 heavy (non-hydrogen) atoms. The summed E-state index contributed by atoms with van der Waals surface area (Å²) < 4.78 is 0. The minimum absolute atomic E-state index is 0.0240. The standard InChI is InChI=1S/C23H24Cl3N3O/c1-15-21(23(30)28-12-4-2-3-5-13-28)27-29(20-11-10-18(25)14-19(20)26)22(15)16-6-8-17(24)9-7-16/h6-11,14-15,22H,2-5,12-13H2,1H3/t15-,22-/m0/s1. The van der Waals surface area contributed by atoms with Crippen LogP contribution in [0.4, 0.5) is 5.69 Å². The number of hydrogen-bond acceptors (Lipinski definition) is 3. The average Bonchev–Trinajstić information content (AvgIpc) is 2.90. The molecular formula is C23H24Cl3N3O. The second kappa shape index (κ2) is 9.17. The zero-order chi connectivity index (χ0) is 21.3. The molecule has 2 heterocycles. The van der Waals surface area contributed by atoms with Gasteiger partial charge < -0.3 is 4.90 Å². The predicted molar refractivity (Wildman–Crippen MR) is 125 cm³/mol. The van der Waals surface area contributed by atoms with Crippen LogP contribution in [-0.4, -0.2) is 29.6 Å². The largest absolute Gasteiger partial charge is 0.338 e. The van der Waals surface area contributed by atoms with Crippen LogP contribution in [0, 0.1) is 5.92 Å². The van der Waals surface area contributed by atoms with Crippen molar-refractivity contribution in [3.05, 3.63) is 63.1 Å². The van der Waals surface area contributed by atoms with Gasteiger partial charge in [0.2, 0.25) is 0 Å². The fourth-order valence-corrected chi connectivity index (χ4v) is 4.89. The smallest absolute Gasteiger partial charge is 0.270 e. The summed E-state index contributed by atoms with van der Waals surface area (Å²) in [6.45, 7) is 3.63. The molecule has 1 fully saturated rings. The van der Waals surface area contributed by atoms with Crippen LogP contribution in [0.1, 0.15) is 44.2 Å². The van der Waals surface area contributed by atoms with E-state index >= 15 is 0 Å². The summed E-state index contributed by atoms with van der Waals surface area (Å²) >= 11 is 18.7. The summed E-state index contributed by atoms with van der Waals surface area (Å²) in [4.78, 5) is 15.4. The van der Waals surface area contributed by atoms with Crippen LogP contribution < -0.4 is 5.01 Å². The van der Waals surface area contributed by atoms with Crippen LogP contribution in [0.5, 0.6) is 0 Å². The fraction of sp³-hybridized carbons (Fsp3) is 0.391. The van der Waals surface area contributed by atoms with Crippen LogP contribution >= 0.6 is 34.8 Å². The normalized spacial score (nSPS) is 22.1. The van der Waals surface area contributed by atoms with Crippen LogP contribution in [-0.2, 0) is 4.79 Å². The molecule has 2 aromatic rings. The number of carbonyl (C=O) groups is 1. The van der Waals surface area contributed by atoms with Gasteiger partial charge in [0.1, 0.15) is 5.71 Å². The van der Waals surface area contributed by atoms with Crippen molar-refractivity contribution >= 4 is 52.1 Å². The lowest BCUT2D eigenvalue weighted by molar-refractivity contribution is -0.124. The number of anilines is 1. The topological polar surface area (TPSA) is 35.9 Å². The van der Waals surface area contributed by atoms with E-state index in [1.54, 1.807) is 12.1 Å². The highest BCUT2D eigenvalue weighted by atomic mass is 35.5. The average molecular weight is 465 g/mol. The third-order valence-electron chi connectivity index (χ3n) is 5.86. The van der Waals surface area contributed by atoms with E-state index in [0.717, 1.165) is 37.2 Å². The van der Waals surface area contributed by atoms with Gasteiger partial charge >= 0.3 is 0 Å². The molecule has 0 bridgehead atoms. The van der Waals surface area contributed by atoms with E-state index in [1.165, 1.54) is 12.8 Å². The van der Waals surface area contributed by atoms with Crippen molar-refractivity contribution in [1.82, 2.24) is 4.90 Å². The molecule has 0 N–H and O–H groups in total. The van der Waals surface area contributed by atoms with Crippen LogP contribution in [0.25, 0.3) is 0 Å². The Morgan fingerprint density at radius 2 is 1.57 bits per heavy atom. The molecule has 2 aliphatic rings. The lowest BCUT2D eigenvalue weighted by atomic mass is 9.90. The molecule has 0 spiro atoms. The molecule has 2 atom stereocenters. The molecule has 0 unspecified atom stereocenters. The van der Waals surface area contributed by atoms with E-state index in [4.69, 9.17) is 39.9 Å². The third-order valence-corrected chi connectivity index (χ3v) is 6.65. The van der Waals surface area contributed by atoms with E-state index in [-0.39, 0.29) is 17.9 Å². The van der Waals surface area contributed by atoms with Crippen LogP contribution in [0.2, 0.25) is 15.1 Å². The minimum Gasteiger partial charge on any atom is -0.338 e. The van der Waals surface area contributed by atoms with Crippen molar-refractivity contribution in [1.29, 1.82) is 0 Å². The third kappa shape index (κ3) is 4.32. The highest BCUT2D eigenvalue weighted by Gasteiger charge is 2.41. The van der Waals surface area contributed by atoms with Gasteiger partial charge in [-0.1, -0.05) is 66.7 Å². The Bertz CT molecular complexity index is 953. The highest BCUT2D eigenvalue weighted by Crippen LogP contribution is 2.42. The highest BCUT2D eigenvalue weighted by molar-refractivity contribution is 6.41. The zero-order valence-corrected chi connectivity index (χ0v) is 19.1. The van der Waals surface area contributed by atoms with Gasteiger partial charge in [0.05, 0.1) is 16.8 Å². The van der Waals surface area contributed by atoms with Crippen LogP contribution in [0.15, 0.2) is 47.6 Å². The first kappa shape index (κ1) is 21.5. The van der Waals surface area contributed by atoms with E-state index in [2.05, 4.69) is 6.92 Å². The molecule has 0 saturated carbocycles. The maximum absolute atomic E-state index is 13.4. The molecular weight excluding hydrogens is 441 g/mol. The Morgan fingerprint density at radius 3 is 2.20 bits per heavy atom. The SMILES string of the molecule is C[C@H]1C(C(=O)N2CCCCCC2)=NN(c2ccc(Cl)cc2Cl)[C@@H]1c1ccc(Cl)cc1. The summed E-state index contributed by atoms with van der Waals surface area (Å²) in [6.07, 6.45) is 4.43. The molecule has 1 saturated heterocycles. The molecule has 2 aromatic carbocycles. The van der Waals surface area contributed by atoms with Crippen molar-refractivity contribution in [3.8, 4) is 0 Å². The van der Waals surface area contributed by atoms with E-state index < -0.39 is 0 Å². The number of halogens is 3. The van der Waals surface area contributed by atoms with Crippen molar-refractivity contribution < 1.29 is 4.79 Å². The molecule has 4 rings (SSSR count). The predicted octanol–water partition coefficient (Wildman–Crippen LogP) is 6.60. The second-order valence-corrected chi connectivity index (χ2v) is 9.20. The molecule has 7 heteroatoms. The molecule has 0 aromatic heterocycles. The number of amides is 1. The Labute approximate surface area is 192 Å². The Hall–Kier alpha value is -1.75. The maximum atomic E-state index is 13.4. The first-order valence-electron chi connectivity index (χ1n) is 10.3. The zero-order valence-electron chi connectivity index (χ0n) is 16.8. The molecule has 0 aliphatic carbocycles. The fourth-order valence-electron chi connectivity index (χ4n) is 4.26. The Kier molecular flexibility index (Phi) is 6.57. The quantitative estimate of drug-likeness (QED) is 0.513.